The monoisotopic (exact) mass is 235 g/mol. The van der Waals surface area contributed by atoms with Crippen LogP contribution in [0.4, 0.5) is 0 Å². The molecule has 1 atom stereocenters. The van der Waals surface area contributed by atoms with Crippen LogP contribution in [0.2, 0.25) is 0 Å². The predicted octanol–water partition coefficient (Wildman–Crippen LogP) is 1.60. The molecule has 0 bridgehead atoms. The maximum Gasteiger partial charge on any atom is 0.326 e. The molecule has 4 nitrogen and oxygen atoms in total. The molecule has 0 aliphatic heterocycles. The molecule has 0 aromatic heterocycles. The van der Waals surface area contributed by atoms with Crippen LogP contribution in [-0.2, 0) is 16.0 Å². The summed E-state index contributed by atoms with van der Waals surface area (Å²) >= 11 is 0. The average molecular weight is 235 g/mol. The highest BCUT2D eigenvalue weighted by molar-refractivity contribution is 5.83. The average Bonchev–Trinajstić information content (AvgIpc) is 2.34. The van der Waals surface area contributed by atoms with Gasteiger partial charge in [0, 0.05) is 6.42 Å². The second-order valence-corrected chi connectivity index (χ2v) is 3.85. The van der Waals surface area contributed by atoms with Gasteiger partial charge in [0.25, 0.3) is 0 Å². The molecule has 0 saturated heterocycles. The second-order valence-electron chi connectivity index (χ2n) is 3.85. The van der Waals surface area contributed by atoms with Crippen LogP contribution in [0.5, 0.6) is 0 Å². The molecule has 2 N–H and O–H groups in total. The zero-order valence-electron chi connectivity index (χ0n) is 9.85. The van der Waals surface area contributed by atoms with Crippen molar-refractivity contribution in [1.29, 1.82) is 0 Å². The van der Waals surface area contributed by atoms with E-state index in [1.165, 1.54) is 0 Å². The van der Waals surface area contributed by atoms with Gasteiger partial charge in [0.2, 0.25) is 5.91 Å². The van der Waals surface area contributed by atoms with Crippen molar-refractivity contribution in [2.24, 2.45) is 0 Å². The van der Waals surface area contributed by atoms with Crippen molar-refractivity contribution >= 4 is 11.9 Å². The fourth-order valence-electron chi connectivity index (χ4n) is 1.51. The Morgan fingerprint density at radius 3 is 2.47 bits per heavy atom. The van der Waals surface area contributed by atoms with Crippen LogP contribution in [0.3, 0.4) is 0 Å². The molecular weight excluding hydrogens is 218 g/mol. The van der Waals surface area contributed by atoms with Crippen LogP contribution in [-0.4, -0.2) is 23.0 Å². The normalized spacial score (nSPS) is 11.8. The van der Waals surface area contributed by atoms with Gasteiger partial charge in [-0.15, -0.1) is 0 Å². The molecule has 0 fully saturated rings. The third kappa shape index (κ3) is 4.68. The third-order valence-corrected chi connectivity index (χ3v) is 2.53. The fourth-order valence-corrected chi connectivity index (χ4v) is 1.51. The van der Waals surface area contributed by atoms with E-state index in [0.29, 0.717) is 19.3 Å². The van der Waals surface area contributed by atoms with E-state index in [1.807, 2.05) is 30.3 Å². The molecule has 1 rings (SSSR count). The molecule has 0 aliphatic rings. The molecule has 17 heavy (non-hydrogen) atoms. The van der Waals surface area contributed by atoms with Crippen molar-refractivity contribution in [3.8, 4) is 0 Å². The van der Waals surface area contributed by atoms with Crippen LogP contribution in [0.25, 0.3) is 0 Å². The van der Waals surface area contributed by atoms with Gasteiger partial charge in [0.1, 0.15) is 6.04 Å². The van der Waals surface area contributed by atoms with Crippen molar-refractivity contribution in [3.05, 3.63) is 35.9 Å². The Kier molecular flexibility index (Phi) is 5.20. The van der Waals surface area contributed by atoms with Crippen LogP contribution in [0, 0.1) is 0 Å². The molecule has 0 radical (unpaired) electrons. The molecule has 0 aliphatic carbocycles. The number of nitrogens with one attached hydrogen (secondary N) is 1. The minimum atomic E-state index is -0.986. The Morgan fingerprint density at radius 2 is 1.94 bits per heavy atom. The summed E-state index contributed by atoms with van der Waals surface area (Å²) in [7, 11) is 0. The van der Waals surface area contributed by atoms with Gasteiger partial charge >= 0.3 is 5.97 Å². The first kappa shape index (κ1) is 13.2. The highest BCUT2D eigenvalue weighted by atomic mass is 16.4. The van der Waals surface area contributed by atoms with Gasteiger partial charge < -0.3 is 10.4 Å². The molecule has 0 spiro atoms. The van der Waals surface area contributed by atoms with Crippen molar-refractivity contribution in [3.63, 3.8) is 0 Å². The fraction of sp³-hybridized carbons (Fsp3) is 0.385. The number of carboxylic acids is 1. The maximum atomic E-state index is 11.5. The van der Waals surface area contributed by atoms with Crippen molar-refractivity contribution in [1.82, 2.24) is 5.32 Å². The standard InChI is InChI=1S/C13H17NO3/c1-2-11(13(16)17)14-12(15)9-8-10-6-4-3-5-7-10/h3-7,11H,2,8-9H2,1H3,(H,14,15)(H,16,17). The summed E-state index contributed by atoms with van der Waals surface area (Å²) in [6, 6.07) is 8.86. The van der Waals surface area contributed by atoms with Gasteiger partial charge in [0.05, 0.1) is 0 Å². The molecular formula is C13H17NO3. The second kappa shape index (κ2) is 6.68. The number of carboxylic acid groups (broad SMARTS) is 1. The summed E-state index contributed by atoms with van der Waals surface area (Å²) in [5, 5.41) is 11.3. The van der Waals surface area contributed by atoms with Gasteiger partial charge in [-0.3, -0.25) is 4.79 Å². The lowest BCUT2D eigenvalue weighted by Crippen LogP contribution is -2.40. The van der Waals surface area contributed by atoms with Gasteiger partial charge in [-0.2, -0.15) is 0 Å². The van der Waals surface area contributed by atoms with E-state index in [2.05, 4.69) is 5.32 Å². The minimum Gasteiger partial charge on any atom is -0.480 e. The predicted molar refractivity (Wildman–Crippen MR) is 64.6 cm³/mol. The van der Waals surface area contributed by atoms with Crippen LogP contribution < -0.4 is 5.32 Å². The SMILES string of the molecule is CCC(NC(=O)CCc1ccccc1)C(=O)O. The summed E-state index contributed by atoms with van der Waals surface area (Å²) in [5.74, 6) is -1.20. The Balaban J connectivity index is 2.37. The lowest BCUT2D eigenvalue weighted by atomic mass is 10.1. The number of amides is 1. The van der Waals surface area contributed by atoms with Crippen molar-refractivity contribution in [2.45, 2.75) is 32.2 Å². The van der Waals surface area contributed by atoms with Gasteiger partial charge in [-0.05, 0) is 18.4 Å². The highest BCUT2D eigenvalue weighted by Crippen LogP contribution is 2.02. The number of carbonyl (C=O) groups excluding carboxylic acids is 1. The van der Waals surface area contributed by atoms with Crippen LogP contribution in [0.1, 0.15) is 25.3 Å². The molecule has 0 heterocycles. The lowest BCUT2D eigenvalue weighted by Gasteiger charge is -2.11. The first-order chi connectivity index (χ1) is 8.13. The Morgan fingerprint density at radius 1 is 1.29 bits per heavy atom. The number of rotatable bonds is 6. The topological polar surface area (TPSA) is 66.4 Å². The molecule has 1 aromatic carbocycles. The Hall–Kier alpha value is -1.84. The lowest BCUT2D eigenvalue weighted by molar-refractivity contribution is -0.141. The van der Waals surface area contributed by atoms with E-state index in [9.17, 15) is 9.59 Å². The number of benzene rings is 1. The van der Waals surface area contributed by atoms with E-state index in [1.54, 1.807) is 6.92 Å². The molecule has 1 amide bonds. The quantitative estimate of drug-likeness (QED) is 0.787. The first-order valence-corrected chi connectivity index (χ1v) is 5.69. The highest BCUT2D eigenvalue weighted by Gasteiger charge is 2.16. The minimum absolute atomic E-state index is 0.219. The summed E-state index contributed by atoms with van der Waals surface area (Å²) in [6.07, 6.45) is 1.34. The number of hydrogen-bond donors (Lipinski definition) is 2. The molecule has 1 unspecified atom stereocenters. The van der Waals surface area contributed by atoms with Crippen LogP contribution >= 0.6 is 0 Å². The zero-order valence-corrected chi connectivity index (χ0v) is 9.85. The Labute approximate surface area is 101 Å². The summed E-state index contributed by atoms with van der Waals surface area (Å²) in [6.45, 7) is 1.73. The van der Waals surface area contributed by atoms with E-state index >= 15 is 0 Å². The molecule has 92 valence electrons. The Bertz CT molecular complexity index is 376. The van der Waals surface area contributed by atoms with Gasteiger partial charge in [-0.1, -0.05) is 37.3 Å². The number of hydrogen-bond acceptors (Lipinski definition) is 2. The number of aryl methyl sites for hydroxylation is 1. The smallest absolute Gasteiger partial charge is 0.326 e. The molecule has 0 saturated carbocycles. The van der Waals surface area contributed by atoms with Gasteiger partial charge in [0.15, 0.2) is 0 Å². The van der Waals surface area contributed by atoms with Crippen molar-refractivity contribution in [2.75, 3.05) is 0 Å². The van der Waals surface area contributed by atoms with Crippen molar-refractivity contribution < 1.29 is 14.7 Å². The summed E-state index contributed by atoms with van der Waals surface area (Å²) < 4.78 is 0. The number of carbonyl (C=O) groups is 2. The van der Waals surface area contributed by atoms with E-state index in [4.69, 9.17) is 5.11 Å². The van der Waals surface area contributed by atoms with E-state index in [-0.39, 0.29) is 5.91 Å². The van der Waals surface area contributed by atoms with E-state index in [0.717, 1.165) is 5.56 Å². The maximum absolute atomic E-state index is 11.5. The molecule has 1 aromatic rings. The summed E-state index contributed by atoms with van der Waals surface area (Å²) in [5.41, 5.74) is 1.08. The first-order valence-electron chi connectivity index (χ1n) is 5.69. The zero-order chi connectivity index (χ0) is 12.7. The largest absolute Gasteiger partial charge is 0.480 e. The summed E-state index contributed by atoms with van der Waals surface area (Å²) in [4.78, 5) is 22.2. The number of aliphatic carboxylic acids is 1. The van der Waals surface area contributed by atoms with E-state index < -0.39 is 12.0 Å². The van der Waals surface area contributed by atoms with Crippen LogP contribution in [0.15, 0.2) is 30.3 Å². The molecule has 4 heteroatoms. The third-order valence-electron chi connectivity index (χ3n) is 2.53. The van der Waals surface area contributed by atoms with Gasteiger partial charge in [-0.25, -0.2) is 4.79 Å².